The van der Waals surface area contributed by atoms with Gasteiger partial charge in [-0.25, -0.2) is 4.79 Å². The number of ketones is 1. The van der Waals surface area contributed by atoms with Crippen molar-refractivity contribution in [1.82, 2.24) is 4.90 Å². The Morgan fingerprint density at radius 1 is 1.26 bits per heavy atom. The Morgan fingerprint density at radius 3 is 2.37 bits per heavy atom. The highest BCUT2D eigenvalue weighted by Gasteiger charge is 2.39. The number of piperidine rings is 1. The third-order valence-electron chi connectivity index (χ3n) is 4.08. The number of hydrogen-bond donors (Lipinski definition) is 0. The van der Waals surface area contributed by atoms with Crippen LogP contribution in [0.1, 0.15) is 52.9 Å². The predicted octanol–water partition coefficient (Wildman–Crippen LogP) is 2.96. The summed E-state index contributed by atoms with van der Waals surface area (Å²) < 4.78 is 5.38. The molecule has 0 aromatic heterocycles. The van der Waals surface area contributed by atoms with Gasteiger partial charge in [-0.15, -0.1) is 0 Å². The monoisotopic (exact) mass is 266 g/mol. The molecule has 1 radical (unpaired) electrons. The first kappa shape index (κ1) is 14.4. The zero-order valence-electron chi connectivity index (χ0n) is 12.2. The minimum Gasteiger partial charge on any atom is -0.444 e. The van der Waals surface area contributed by atoms with Gasteiger partial charge >= 0.3 is 6.09 Å². The van der Waals surface area contributed by atoms with E-state index in [0.29, 0.717) is 25.2 Å². The van der Waals surface area contributed by atoms with Crippen LogP contribution >= 0.6 is 0 Å². The van der Waals surface area contributed by atoms with Crippen LogP contribution in [0.15, 0.2) is 0 Å². The Balaban J connectivity index is 1.85. The first-order valence-electron chi connectivity index (χ1n) is 7.14. The van der Waals surface area contributed by atoms with Crippen LogP contribution in [-0.4, -0.2) is 35.5 Å². The number of carbonyl (C=O) groups excluding carboxylic acids is 2. The number of nitrogens with zero attached hydrogens (tertiary/aromatic N) is 1. The summed E-state index contributed by atoms with van der Waals surface area (Å²) in [5.74, 6) is 0.383. The molecule has 2 aliphatic rings. The summed E-state index contributed by atoms with van der Waals surface area (Å²) in [6.07, 6.45) is 6.26. The second-order valence-corrected chi connectivity index (χ2v) is 6.78. The number of carbonyl (C=O) groups is 2. The van der Waals surface area contributed by atoms with Crippen molar-refractivity contribution < 1.29 is 14.3 Å². The molecule has 1 amide bonds. The Morgan fingerprint density at radius 2 is 1.89 bits per heavy atom. The highest BCUT2D eigenvalue weighted by atomic mass is 16.6. The minimum atomic E-state index is -0.441. The lowest BCUT2D eigenvalue weighted by molar-refractivity contribution is -0.122. The largest absolute Gasteiger partial charge is 0.444 e. The fourth-order valence-corrected chi connectivity index (χ4v) is 2.83. The maximum Gasteiger partial charge on any atom is 0.410 e. The lowest BCUT2D eigenvalue weighted by Gasteiger charge is -2.43. The molecule has 1 aliphatic carbocycles. The second-order valence-electron chi connectivity index (χ2n) is 6.78. The van der Waals surface area contributed by atoms with Crippen LogP contribution < -0.4 is 0 Å². The van der Waals surface area contributed by atoms with E-state index in [0.717, 1.165) is 25.8 Å². The summed E-state index contributed by atoms with van der Waals surface area (Å²) in [7, 11) is 0. The molecule has 1 heterocycles. The molecule has 1 aliphatic heterocycles. The molecule has 0 aromatic carbocycles. The van der Waals surface area contributed by atoms with Gasteiger partial charge in [-0.1, -0.05) is 0 Å². The lowest BCUT2D eigenvalue weighted by Crippen LogP contribution is -2.46. The van der Waals surface area contributed by atoms with Crippen molar-refractivity contribution in [1.29, 1.82) is 0 Å². The first-order valence-corrected chi connectivity index (χ1v) is 7.14. The fourth-order valence-electron chi connectivity index (χ4n) is 2.83. The number of amides is 1. The van der Waals surface area contributed by atoms with E-state index < -0.39 is 5.60 Å². The van der Waals surface area contributed by atoms with E-state index >= 15 is 0 Å². The molecule has 107 valence electrons. The number of rotatable bonds is 0. The molecule has 0 bridgehead atoms. The summed E-state index contributed by atoms with van der Waals surface area (Å²) >= 11 is 0. The Hall–Kier alpha value is -1.06. The van der Waals surface area contributed by atoms with Gasteiger partial charge in [0.25, 0.3) is 0 Å². The van der Waals surface area contributed by atoms with Gasteiger partial charge in [-0.05, 0) is 51.9 Å². The van der Waals surface area contributed by atoms with Gasteiger partial charge in [0.2, 0.25) is 0 Å². The molecule has 1 saturated carbocycles. The van der Waals surface area contributed by atoms with E-state index in [2.05, 4.69) is 6.42 Å². The molecule has 0 unspecified atom stereocenters. The van der Waals surface area contributed by atoms with Crippen LogP contribution in [0.2, 0.25) is 0 Å². The van der Waals surface area contributed by atoms with Crippen molar-refractivity contribution >= 4 is 11.9 Å². The Labute approximate surface area is 115 Å². The minimum absolute atomic E-state index is 0.187. The topological polar surface area (TPSA) is 46.6 Å². The van der Waals surface area contributed by atoms with Gasteiger partial charge in [-0.2, -0.15) is 0 Å². The van der Waals surface area contributed by atoms with Crippen molar-refractivity contribution in [3.8, 4) is 0 Å². The zero-order valence-corrected chi connectivity index (χ0v) is 12.2. The quantitative estimate of drug-likeness (QED) is 0.677. The summed E-state index contributed by atoms with van der Waals surface area (Å²) in [4.78, 5) is 25.0. The number of ether oxygens (including phenoxy) is 1. The van der Waals surface area contributed by atoms with Crippen LogP contribution in [0.3, 0.4) is 0 Å². The van der Waals surface area contributed by atoms with E-state index in [1.807, 2.05) is 20.8 Å². The smallest absolute Gasteiger partial charge is 0.410 e. The molecule has 2 fully saturated rings. The van der Waals surface area contributed by atoms with E-state index in [1.165, 1.54) is 0 Å². The van der Waals surface area contributed by atoms with Crippen molar-refractivity contribution in [2.45, 2.75) is 58.5 Å². The third-order valence-corrected chi connectivity index (χ3v) is 4.08. The molecule has 1 spiro atoms. The molecule has 2 rings (SSSR count). The Bertz CT molecular complexity index is 350. The Kier molecular flexibility index (Phi) is 3.88. The highest BCUT2D eigenvalue weighted by Crippen LogP contribution is 2.43. The van der Waals surface area contributed by atoms with Crippen LogP contribution in [0.4, 0.5) is 4.79 Å². The fraction of sp³-hybridized carbons (Fsp3) is 0.800. The molecule has 4 heteroatoms. The number of Topliss-reactive ketones (excluding diaryl/α,β-unsaturated/α-hetero) is 1. The van der Waals surface area contributed by atoms with Crippen molar-refractivity contribution in [3.63, 3.8) is 0 Å². The molecule has 0 N–H and O–H groups in total. The van der Waals surface area contributed by atoms with Crippen molar-refractivity contribution in [2.75, 3.05) is 13.1 Å². The molecule has 4 nitrogen and oxygen atoms in total. The average molecular weight is 266 g/mol. The van der Waals surface area contributed by atoms with Gasteiger partial charge in [0, 0.05) is 25.9 Å². The van der Waals surface area contributed by atoms with Crippen molar-refractivity contribution in [3.05, 3.63) is 6.42 Å². The van der Waals surface area contributed by atoms with E-state index in [9.17, 15) is 9.59 Å². The normalized spacial score (nSPS) is 23.5. The molecule has 19 heavy (non-hydrogen) atoms. The molecule has 1 saturated heterocycles. The SMILES string of the molecule is CC(C)(C)OC(=O)N1C[CH]C2(CCC(=O)CC2)CC1. The molecular formula is C15H24NO3. The summed E-state index contributed by atoms with van der Waals surface area (Å²) in [5.41, 5.74) is -0.254. The van der Waals surface area contributed by atoms with Crippen LogP contribution in [-0.2, 0) is 9.53 Å². The number of hydrogen-bond acceptors (Lipinski definition) is 3. The predicted molar refractivity (Wildman–Crippen MR) is 72.6 cm³/mol. The first-order chi connectivity index (χ1) is 8.80. The maximum atomic E-state index is 12.0. The summed E-state index contributed by atoms with van der Waals surface area (Å²) in [6.45, 7) is 7.02. The standard InChI is InChI=1S/C15H24NO3/c1-14(2,3)19-13(18)16-10-8-15(9-11-16)6-4-12(17)5-7-15/h8H,4-7,9-11H2,1-3H3. The van der Waals surface area contributed by atoms with Gasteiger partial charge in [0.15, 0.2) is 0 Å². The number of likely N-dealkylation sites (tertiary alicyclic amines) is 1. The molecule has 0 aromatic rings. The van der Waals surface area contributed by atoms with Crippen LogP contribution in [0, 0.1) is 11.8 Å². The van der Waals surface area contributed by atoms with Crippen LogP contribution in [0.5, 0.6) is 0 Å². The highest BCUT2D eigenvalue weighted by molar-refractivity contribution is 5.79. The van der Waals surface area contributed by atoms with Gasteiger partial charge in [0.05, 0.1) is 0 Å². The molecule has 0 atom stereocenters. The lowest BCUT2D eigenvalue weighted by atomic mass is 9.68. The molecular weight excluding hydrogens is 242 g/mol. The second kappa shape index (κ2) is 5.14. The summed E-state index contributed by atoms with van der Waals surface area (Å²) in [5, 5.41) is 0. The average Bonchev–Trinajstić information content (AvgIpc) is 2.32. The van der Waals surface area contributed by atoms with Gasteiger partial charge in [0.1, 0.15) is 11.4 Å². The van der Waals surface area contributed by atoms with E-state index in [4.69, 9.17) is 4.74 Å². The third kappa shape index (κ3) is 3.71. The summed E-state index contributed by atoms with van der Waals surface area (Å²) in [6, 6.07) is 0. The van der Waals surface area contributed by atoms with Gasteiger partial charge < -0.3 is 9.64 Å². The van der Waals surface area contributed by atoms with E-state index in [1.54, 1.807) is 4.90 Å². The van der Waals surface area contributed by atoms with Crippen LogP contribution in [0.25, 0.3) is 0 Å². The van der Waals surface area contributed by atoms with E-state index in [-0.39, 0.29) is 11.5 Å². The maximum absolute atomic E-state index is 12.0. The van der Waals surface area contributed by atoms with Gasteiger partial charge in [-0.3, -0.25) is 4.79 Å². The zero-order chi connectivity index (χ0) is 14.1. The van der Waals surface area contributed by atoms with Crippen molar-refractivity contribution in [2.24, 2.45) is 5.41 Å².